The van der Waals surface area contributed by atoms with Crippen LogP contribution in [0.25, 0.3) is 0 Å². The van der Waals surface area contributed by atoms with Gasteiger partial charge in [-0.05, 0) is 59.9 Å². The first kappa shape index (κ1) is 17.4. The molecule has 4 heteroatoms. The number of rotatable bonds is 8. The summed E-state index contributed by atoms with van der Waals surface area (Å²) in [6.45, 7) is 9.41. The average molecular weight is 284 g/mol. The van der Waals surface area contributed by atoms with Crippen LogP contribution >= 0.6 is 0 Å². The Hall–Kier alpha value is -0.610. The van der Waals surface area contributed by atoms with Gasteiger partial charge in [0.15, 0.2) is 0 Å². The van der Waals surface area contributed by atoms with Gasteiger partial charge in [-0.2, -0.15) is 0 Å². The van der Waals surface area contributed by atoms with E-state index in [1.165, 1.54) is 26.4 Å². The molecule has 0 spiro atoms. The van der Waals surface area contributed by atoms with Crippen molar-refractivity contribution < 1.29 is 9.53 Å². The molecule has 0 amide bonds. The number of nitrogens with zero attached hydrogens (tertiary/aromatic N) is 1. The molecule has 0 bridgehead atoms. The monoisotopic (exact) mass is 284 g/mol. The summed E-state index contributed by atoms with van der Waals surface area (Å²) >= 11 is 0. The number of hydrogen-bond acceptors (Lipinski definition) is 4. The predicted molar refractivity (Wildman–Crippen MR) is 82.7 cm³/mol. The summed E-state index contributed by atoms with van der Waals surface area (Å²) < 4.78 is 4.99. The molecule has 1 rings (SSSR count). The molecule has 2 atom stereocenters. The lowest BCUT2D eigenvalue weighted by Gasteiger charge is -2.38. The fourth-order valence-corrected chi connectivity index (χ4v) is 3.07. The highest BCUT2D eigenvalue weighted by Gasteiger charge is 2.37. The Kier molecular flexibility index (Phi) is 6.46. The first-order valence-corrected chi connectivity index (χ1v) is 7.85. The van der Waals surface area contributed by atoms with E-state index in [2.05, 4.69) is 38.0 Å². The van der Waals surface area contributed by atoms with Crippen molar-refractivity contribution in [3.8, 4) is 0 Å². The lowest BCUT2D eigenvalue weighted by atomic mass is 9.84. The topological polar surface area (TPSA) is 41.6 Å². The highest BCUT2D eigenvalue weighted by atomic mass is 16.5. The van der Waals surface area contributed by atoms with Gasteiger partial charge in [0.1, 0.15) is 5.54 Å². The van der Waals surface area contributed by atoms with Gasteiger partial charge >= 0.3 is 5.97 Å². The molecular formula is C16H32N2O2. The van der Waals surface area contributed by atoms with E-state index in [-0.39, 0.29) is 12.0 Å². The van der Waals surface area contributed by atoms with Crippen LogP contribution < -0.4 is 5.32 Å². The molecule has 1 saturated carbocycles. The zero-order valence-corrected chi connectivity index (χ0v) is 14.0. The first-order valence-electron chi connectivity index (χ1n) is 7.85. The minimum Gasteiger partial charge on any atom is -0.468 e. The normalized spacial score (nSPS) is 20.6. The zero-order chi connectivity index (χ0) is 15.3. The van der Waals surface area contributed by atoms with E-state index in [1.807, 2.05) is 6.92 Å². The fraction of sp³-hybridized carbons (Fsp3) is 0.938. The maximum atomic E-state index is 12.1. The maximum Gasteiger partial charge on any atom is 0.325 e. The maximum absolute atomic E-state index is 12.1. The highest BCUT2D eigenvalue weighted by molar-refractivity contribution is 5.80. The predicted octanol–water partition coefficient (Wildman–Crippen LogP) is 2.43. The van der Waals surface area contributed by atoms with Crippen LogP contribution in [0.1, 0.15) is 53.4 Å². The van der Waals surface area contributed by atoms with Crippen molar-refractivity contribution >= 4 is 5.97 Å². The number of esters is 1. The van der Waals surface area contributed by atoms with E-state index in [4.69, 9.17) is 4.74 Å². The van der Waals surface area contributed by atoms with E-state index in [0.29, 0.717) is 6.04 Å². The van der Waals surface area contributed by atoms with Crippen molar-refractivity contribution in [1.29, 1.82) is 0 Å². The molecule has 0 aromatic heterocycles. The summed E-state index contributed by atoms with van der Waals surface area (Å²) in [6.07, 6.45) is 4.86. The molecule has 118 valence electrons. The second-order valence-corrected chi connectivity index (χ2v) is 6.91. The van der Waals surface area contributed by atoms with Crippen molar-refractivity contribution in [2.45, 2.75) is 71.0 Å². The van der Waals surface area contributed by atoms with Crippen molar-refractivity contribution in [2.75, 3.05) is 20.7 Å². The van der Waals surface area contributed by atoms with Gasteiger partial charge in [0, 0.05) is 18.6 Å². The Bertz CT molecular complexity index is 316. The number of methoxy groups -OCH3 is 1. The second-order valence-electron chi connectivity index (χ2n) is 6.91. The molecular weight excluding hydrogens is 252 g/mol. The summed E-state index contributed by atoms with van der Waals surface area (Å²) in [5, 5.41) is 3.37. The molecule has 0 aliphatic heterocycles. The fourth-order valence-electron chi connectivity index (χ4n) is 3.07. The van der Waals surface area contributed by atoms with Crippen LogP contribution in [0.4, 0.5) is 0 Å². The van der Waals surface area contributed by atoms with Gasteiger partial charge in [0.25, 0.3) is 0 Å². The van der Waals surface area contributed by atoms with Gasteiger partial charge in [-0.15, -0.1) is 0 Å². The number of carbonyl (C=O) groups is 1. The van der Waals surface area contributed by atoms with E-state index in [9.17, 15) is 4.79 Å². The molecule has 0 aromatic rings. The van der Waals surface area contributed by atoms with Crippen molar-refractivity contribution in [3.63, 3.8) is 0 Å². The van der Waals surface area contributed by atoms with Gasteiger partial charge in [-0.25, -0.2) is 0 Å². The Morgan fingerprint density at radius 2 is 2.00 bits per heavy atom. The van der Waals surface area contributed by atoms with Crippen LogP contribution in [0, 0.1) is 5.92 Å². The lowest BCUT2D eigenvalue weighted by Crippen LogP contribution is -2.56. The summed E-state index contributed by atoms with van der Waals surface area (Å²) in [5.74, 6) is 0.681. The van der Waals surface area contributed by atoms with Gasteiger partial charge in [0.2, 0.25) is 0 Å². The van der Waals surface area contributed by atoms with E-state index >= 15 is 0 Å². The molecule has 2 unspecified atom stereocenters. The molecule has 0 heterocycles. The Morgan fingerprint density at radius 3 is 2.40 bits per heavy atom. The Balaban J connectivity index is 2.60. The smallest absolute Gasteiger partial charge is 0.325 e. The summed E-state index contributed by atoms with van der Waals surface area (Å²) in [5.41, 5.74) is -0.615. The zero-order valence-electron chi connectivity index (χ0n) is 14.0. The molecule has 0 saturated heterocycles. The molecule has 0 radical (unpaired) electrons. The minimum atomic E-state index is -0.615. The molecule has 1 N–H and O–H groups in total. The number of carbonyl (C=O) groups excluding carboxylic acids is 1. The first-order chi connectivity index (χ1) is 9.28. The number of hydrogen-bond donors (Lipinski definition) is 1. The standard InChI is InChI=1S/C16H32N2O2/c1-12(2)17-16(4,15(19)20-6)10-13(3)18(5)11-14-8-7-9-14/h12-14,17H,7-11H2,1-6H3. The van der Waals surface area contributed by atoms with E-state index in [1.54, 1.807) is 0 Å². The molecule has 20 heavy (non-hydrogen) atoms. The van der Waals surface area contributed by atoms with Crippen LogP contribution in [-0.2, 0) is 9.53 Å². The van der Waals surface area contributed by atoms with Crippen molar-refractivity contribution in [1.82, 2.24) is 10.2 Å². The van der Waals surface area contributed by atoms with Crippen molar-refractivity contribution in [2.24, 2.45) is 5.92 Å². The third-order valence-electron chi connectivity index (χ3n) is 4.47. The van der Waals surface area contributed by atoms with Crippen LogP contribution in [0.2, 0.25) is 0 Å². The van der Waals surface area contributed by atoms with E-state index in [0.717, 1.165) is 18.9 Å². The molecule has 0 aromatic carbocycles. The average Bonchev–Trinajstić information content (AvgIpc) is 2.31. The Morgan fingerprint density at radius 1 is 1.40 bits per heavy atom. The molecule has 1 aliphatic rings. The number of ether oxygens (including phenoxy) is 1. The molecule has 1 aliphatic carbocycles. The lowest BCUT2D eigenvalue weighted by molar-refractivity contribution is -0.149. The summed E-state index contributed by atoms with van der Waals surface area (Å²) in [6, 6.07) is 0.606. The van der Waals surface area contributed by atoms with Crippen LogP contribution in [0.5, 0.6) is 0 Å². The van der Waals surface area contributed by atoms with Gasteiger partial charge in [0.05, 0.1) is 7.11 Å². The molecule has 4 nitrogen and oxygen atoms in total. The van der Waals surface area contributed by atoms with Gasteiger partial charge in [-0.3, -0.25) is 10.1 Å². The largest absolute Gasteiger partial charge is 0.468 e. The SMILES string of the molecule is COC(=O)C(C)(CC(C)N(C)CC1CCC1)NC(C)C. The van der Waals surface area contributed by atoms with E-state index < -0.39 is 5.54 Å². The van der Waals surface area contributed by atoms with Crippen LogP contribution in [0.3, 0.4) is 0 Å². The minimum absolute atomic E-state index is 0.171. The van der Waals surface area contributed by atoms with Gasteiger partial charge in [-0.1, -0.05) is 6.42 Å². The summed E-state index contributed by atoms with van der Waals surface area (Å²) in [4.78, 5) is 14.5. The quantitative estimate of drug-likeness (QED) is 0.695. The van der Waals surface area contributed by atoms with Gasteiger partial charge < -0.3 is 9.64 Å². The number of nitrogens with one attached hydrogen (secondary N) is 1. The highest BCUT2D eigenvalue weighted by Crippen LogP contribution is 2.28. The third-order valence-corrected chi connectivity index (χ3v) is 4.47. The van der Waals surface area contributed by atoms with Crippen molar-refractivity contribution in [3.05, 3.63) is 0 Å². The summed E-state index contributed by atoms with van der Waals surface area (Å²) in [7, 11) is 3.63. The van der Waals surface area contributed by atoms with Crippen LogP contribution in [-0.4, -0.2) is 49.2 Å². The Labute approximate surface area is 124 Å². The molecule has 1 fully saturated rings. The second kappa shape index (κ2) is 7.41. The third kappa shape index (κ3) is 4.74. The van der Waals surface area contributed by atoms with Crippen LogP contribution in [0.15, 0.2) is 0 Å².